The lowest BCUT2D eigenvalue weighted by Crippen LogP contribution is -2.43. The Kier molecular flexibility index (Phi) is 5.21. The van der Waals surface area contributed by atoms with Crippen LogP contribution in [0.25, 0.3) is 0 Å². The SMILES string of the molecule is CCC(Cc1ccccc1)NC1CCCC(O)C1. The summed E-state index contributed by atoms with van der Waals surface area (Å²) in [5.41, 5.74) is 1.40. The molecule has 0 bridgehead atoms. The summed E-state index contributed by atoms with van der Waals surface area (Å²) in [7, 11) is 0. The van der Waals surface area contributed by atoms with Crippen molar-refractivity contribution in [2.75, 3.05) is 0 Å². The van der Waals surface area contributed by atoms with Gasteiger partial charge < -0.3 is 10.4 Å². The summed E-state index contributed by atoms with van der Waals surface area (Å²) >= 11 is 0. The maximum absolute atomic E-state index is 9.71. The van der Waals surface area contributed by atoms with E-state index in [0.29, 0.717) is 12.1 Å². The molecule has 2 nitrogen and oxygen atoms in total. The lowest BCUT2D eigenvalue weighted by Gasteiger charge is -2.30. The molecule has 3 unspecified atom stereocenters. The number of benzene rings is 1. The predicted molar refractivity (Wildman–Crippen MR) is 75.6 cm³/mol. The summed E-state index contributed by atoms with van der Waals surface area (Å²) < 4.78 is 0. The third kappa shape index (κ3) is 4.11. The van der Waals surface area contributed by atoms with Gasteiger partial charge in [-0.05, 0) is 44.1 Å². The van der Waals surface area contributed by atoms with Crippen LogP contribution in [0, 0.1) is 0 Å². The average Bonchev–Trinajstić information content (AvgIpc) is 2.39. The van der Waals surface area contributed by atoms with Gasteiger partial charge in [0.15, 0.2) is 0 Å². The third-order valence-electron chi connectivity index (χ3n) is 3.94. The molecule has 0 radical (unpaired) electrons. The fourth-order valence-corrected chi connectivity index (χ4v) is 2.87. The van der Waals surface area contributed by atoms with Crippen LogP contribution in [0.4, 0.5) is 0 Å². The second-order valence-corrected chi connectivity index (χ2v) is 5.48. The quantitative estimate of drug-likeness (QED) is 0.838. The van der Waals surface area contributed by atoms with Crippen molar-refractivity contribution in [3.05, 3.63) is 35.9 Å². The van der Waals surface area contributed by atoms with Crippen LogP contribution in [0.2, 0.25) is 0 Å². The Morgan fingerprint density at radius 2 is 2.06 bits per heavy atom. The highest BCUT2D eigenvalue weighted by molar-refractivity contribution is 5.15. The fraction of sp³-hybridized carbons (Fsp3) is 0.625. The topological polar surface area (TPSA) is 32.3 Å². The van der Waals surface area contributed by atoms with Crippen LogP contribution in [0.3, 0.4) is 0 Å². The molecule has 1 aromatic carbocycles. The molecule has 2 rings (SSSR count). The van der Waals surface area contributed by atoms with E-state index in [1.165, 1.54) is 12.0 Å². The Labute approximate surface area is 110 Å². The van der Waals surface area contributed by atoms with Gasteiger partial charge in [0.2, 0.25) is 0 Å². The average molecular weight is 247 g/mol. The highest BCUT2D eigenvalue weighted by atomic mass is 16.3. The zero-order valence-corrected chi connectivity index (χ0v) is 11.3. The third-order valence-corrected chi connectivity index (χ3v) is 3.94. The molecule has 2 heteroatoms. The van der Waals surface area contributed by atoms with Crippen LogP contribution < -0.4 is 5.32 Å². The van der Waals surface area contributed by atoms with E-state index in [1.807, 2.05) is 0 Å². The molecular weight excluding hydrogens is 222 g/mol. The Balaban J connectivity index is 1.85. The molecular formula is C16H25NO. The first-order valence-corrected chi connectivity index (χ1v) is 7.26. The van der Waals surface area contributed by atoms with Gasteiger partial charge in [0, 0.05) is 12.1 Å². The summed E-state index contributed by atoms with van der Waals surface area (Å²) in [6.07, 6.45) is 6.40. The van der Waals surface area contributed by atoms with Gasteiger partial charge in [-0.1, -0.05) is 37.3 Å². The summed E-state index contributed by atoms with van der Waals surface area (Å²) in [5.74, 6) is 0. The molecule has 2 N–H and O–H groups in total. The number of aliphatic hydroxyl groups excluding tert-OH is 1. The summed E-state index contributed by atoms with van der Waals surface area (Å²) in [6, 6.07) is 11.7. The molecule has 1 fully saturated rings. The molecule has 3 atom stereocenters. The first-order valence-electron chi connectivity index (χ1n) is 7.26. The van der Waals surface area contributed by atoms with E-state index in [2.05, 4.69) is 42.6 Å². The van der Waals surface area contributed by atoms with E-state index < -0.39 is 0 Å². The second-order valence-electron chi connectivity index (χ2n) is 5.48. The molecule has 0 saturated heterocycles. The predicted octanol–water partition coefficient (Wildman–Crippen LogP) is 2.90. The van der Waals surface area contributed by atoms with Crippen LogP contribution in [-0.2, 0) is 6.42 Å². The maximum atomic E-state index is 9.71. The first kappa shape index (κ1) is 13.6. The van der Waals surface area contributed by atoms with E-state index in [1.54, 1.807) is 0 Å². The summed E-state index contributed by atoms with van der Waals surface area (Å²) in [5, 5.41) is 13.4. The molecule has 0 heterocycles. The number of nitrogens with one attached hydrogen (secondary N) is 1. The van der Waals surface area contributed by atoms with E-state index in [0.717, 1.165) is 32.1 Å². The van der Waals surface area contributed by atoms with Crippen molar-refractivity contribution in [2.24, 2.45) is 0 Å². The summed E-state index contributed by atoms with van der Waals surface area (Å²) in [6.45, 7) is 2.24. The standard InChI is InChI=1S/C16H25NO/c1-2-14(11-13-7-4-3-5-8-13)17-15-9-6-10-16(18)12-15/h3-5,7-8,14-18H,2,6,9-12H2,1H3. The van der Waals surface area contributed by atoms with Crippen LogP contribution >= 0.6 is 0 Å². The van der Waals surface area contributed by atoms with Gasteiger partial charge in [-0.15, -0.1) is 0 Å². The molecule has 1 saturated carbocycles. The van der Waals surface area contributed by atoms with Gasteiger partial charge in [0.05, 0.1) is 6.10 Å². The van der Waals surface area contributed by atoms with Crippen molar-refractivity contribution in [3.8, 4) is 0 Å². The highest BCUT2D eigenvalue weighted by Crippen LogP contribution is 2.19. The zero-order chi connectivity index (χ0) is 12.8. The van der Waals surface area contributed by atoms with E-state index in [4.69, 9.17) is 0 Å². The lowest BCUT2D eigenvalue weighted by molar-refractivity contribution is 0.108. The van der Waals surface area contributed by atoms with Crippen LogP contribution in [-0.4, -0.2) is 23.3 Å². The Morgan fingerprint density at radius 1 is 1.28 bits per heavy atom. The van der Waals surface area contributed by atoms with Gasteiger partial charge in [0.25, 0.3) is 0 Å². The number of rotatable bonds is 5. The molecule has 1 aromatic rings. The molecule has 0 amide bonds. The minimum Gasteiger partial charge on any atom is -0.393 e. The van der Waals surface area contributed by atoms with Gasteiger partial charge >= 0.3 is 0 Å². The molecule has 0 aliphatic heterocycles. The molecule has 1 aliphatic rings. The van der Waals surface area contributed by atoms with Crippen LogP contribution in [0.15, 0.2) is 30.3 Å². The van der Waals surface area contributed by atoms with Crippen LogP contribution in [0.1, 0.15) is 44.6 Å². The van der Waals surface area contributed by atoms with Crippen molar-refractivity contribution >= 4 is 0 Å². The molecule has 1 aliphatic carbocycles. The summed E-state index contributed by atoms with van der Waals surface area (Å²) in [4.78, 5) is 0. The lowest BCUT2D eigenvalue weighted by atomic mass is 9.91. The van der Waals surface area contributed by atoms with Crippen molar-refractivity contribution < 1.29 is 5.11 Å². The van der Waals surface area contributed by atoms with Crippen molar-refractivity contribution in [2.45, 2.75) is 63.6 Å². The molecule has 18 heavy (non-hydrogen) atoms. The number of hydrogen-bond acceptors (Lipinski definition) is 2. The van der Waals surface area contributed by atoms with Crippen molar-refractivity contribution in [3.63, 3.8) is 0 Å². The second kappa shape index (κ2) is 6.91. The zero-order valence-electron chi connectivity index (χ0n) is 11.3. The number of hydrogen-bond donors (Lipinski definition) is 2. The molecule has 100 valence electrons. The van der Waals surface area contributed by atoms with E-state index in [-0.39, 0.29) is 6.10 Å². The minimum absolute atomic E-state index is 0.0921. The largest absolute Gasteiger partial charge is 0.393 e. The fourth-order valence-electron chi connectivity index (χ4n) is 2.87. The highest BCUT2D eigenvalue weighted by Gasteiger charge is 2.22. The smallest absolute Gasteiger partial charge is 0.0555 e. The van der Waals surface area contributed by atoms with E-state index in [9.17, 15) is 5.11 Å². The Bertz CT molecular complexity index is 338. The molecule has 0 aromatic heterocycles. The van der Waals surface area contributed by atoms with Gasteiger partial charge in [0.1, 0.15) is 0 Å². The van der Waals surface area contributed by atoms with Gasteiger partial charge in [-0.2, -0.15) is 0 Å². The van der Waals surface area contributed by atoms with Gasteiger partial charge in [-0.25, -0.2) is 0 Å². The van der Waals surface area contributed by atoms with Gasteiger partial charge in [-0.3, -0.25) is 0 Å². The Morgan fingerprint density at radius 3 is 2.72 bits per heavy atom. The monoisotopic (exact) mass is 247 g/mol. The van der Waals surface area contributed by atoms with Crippen molar-refractivity contribution in [1.82, 2.24) is 5.32 Å². The molecule has 0 spiro atoms. The first-order chi connectivity index (χ1) is 8.78. The van der Waals surface area contributed by atoms with Crippen molar-refractivity contribution in [1.29, 1.82) is 0 Å². The van der Waals surface area contributed by atoms with Crippen LogP contribution in [0.5, 0.6) is 0 Å². The number of aliphatic hydroxyl groups is 1. The maximum Gasteiger partial charge on any atom is 0.0555 e. The van der Waals surface area contributed by atoms with E-state index >= 15 is 0 Å². The minimum atomic E-state index is -0.0921. The Hall–Kier alpha value is -0.860. The normalized spacial score (nSPS) is 25.9.